The minimum atomic E-state index is 0.541. The molecule has 4 N–H and O–H groups in total. The van der Waals surface area contributed by atoms with E-state index in [1.165, 1.54) is 6.26 Å². The number of anilines is 2. The van der Waals surface area contributed by atoms with Gasteiger partial charge >= 0.3 is 0 Å². The number of halogens is 1. The molecular weight excluding hydrogens is 200 g/mol. The molecule has 0 aliphatic rings. The molecule has 2 aromatic rings. The highest BCUT2D eigenvalue weighted by atomic mass is 35.5. The molecule has 0 aliphatic heterocycles. The molecule has 0 radical (unpaired) electrons. The van der Waals surface area contributed by atoms with Crippen molar-refractivity contribution < 1.29 is 4.42 Å². The summed E-state index contributed by atoms with van der Waals surface area (Å²) in [6, 6.07) is 5.36. The second kappa shape index (κ2) is 3.27. The zero-order chi connectivity index (χ0) is 10.1. The van der Waals surface area contributed by atoms with Crippen LogP contribution in [0.25, 0.3) is 11.1 Å². The normalized spacial score (nSPS) is 10.4. The Hall–Kier alpha value is -1.61. The van der Waals surface area contributed by atoms with Gasteiger partial charge in [0.05, 0.1) is 22.7 Å². The molecule has 0 fully saturated rings. The largest absolute Gasteiger partial charge is 0.470 e. The monoisotopic (exact) mass is 208 g/mol. The Morgan fingerprint density at radius 1 is 1.07 bits per heavy atom. The van der Waals surface area contributed by atoms with Crippen LogP contribution < -0.4 is 11.5 Å². The smallest absolute Gasteiger partial charge is 0.110 e. The lowest BCUT2D eigenvalue weighted by Crippen LogP contribution is -1.93. The number of furan rings is 1. The van der Waals surface area contributed by atoms with Gasteiger partial charge < -0.3 is 15.9 Å². The van der Waals surface area contributed by atoms with Gasteiger partial charge in [-0.2, -0.15) is 0 Å². The lowest BCUT2D eigenvalue weighted by Gasteiger charge is -2.02. The topological polar surface area (TPSA) is 65.2 Å². The third-order valence-electron chi connectivity index (χ3n) is 2.01. The molecule has 1 heterocycles. The Labute approximate surface area is 86.3 Å². The Morgan fingerprint density at radius 2 is 1.86 bits per heavy atom. The van der Waals surface area contributed by atoms with Crippen molar-refractivity contribution in [3.05, 3.63) is 35.7 Å². The molecular formula is C10H9ClN2O. The summed E-state index contributed by atoms with van der Waals surface area (Å²) >= 11 is 5.90. The Kier molecular flexibility index (Phi) is 2.09. The van der Waals surface area contributed by atoms with E-state index in [9.17, 15) is 0 Å². The fraction of sp³-hybridized carbons (Fsp3) is 0. The van der Waals surface area contributed by atoms with Gasteiger partial charge in [0.1, 0.15) is 6.26 Å². The third-order valence-corrected chi connectivity index (χ3v) is 2.31. The van der Waals surface area contributed by atoms with E-state index in [0.29, 0.717) is 16.4 Å². The number of nitrogen functional groups attached to an aromatic ring is 2. The fourth-order valence-corrected chi connectivity index (χ4v) is 1.43. The number of nitrogens with two attached hydrogens (primary N) is 2. The van der Waals surface area contributed by atoms with Gasteiger partial charge in [0.15, 0.2) is 0 Å². The van der Waals surface area contributed by atoms with Crippen molar-refractivity contribution in [2.75, 3.05) is 11.5 Å². The van der Waals surface area contributed by atoms with Crippen LogP contribution in [0.2, 0.25) is 5.02 Å². The quantitative estimate of drug-likeness (QED) is 0.709. The first kappa shape index (κ1) is 8.97. The predicted octanol–water partition coefficient (Wildman–Crippen LogP) is 2.76. The molecule has 0 unspecified atom stereocenters. The Balaban J connectivity index is 2.53. The van der Waals surface area contributed by atoms with Gasteiger partial charge in [-0.15, -0.1) is 0 Å². The van der Waals surface area contributed by atoms with Gasteiger partial charge in [-0.1, -0.05) is 17.7 Å². The fourth-order valence-electron chi connectivity index (χ4n) is 1.23. The average Bonchev–Trinajstić information content (AvgIpc) is 2.57. The minimum Gasteiger partial charge on any atom is -0.470 e. The summed E-state index contributed by atoms with van der Waals surface area (Å²) in [4.78, 5) is 0. The molecule has 0 amide bonds. The minimum absolute atomic E-state index is 0.541. The van der Waals surface area contributed by atoms with Crippen molar-refractivity contribution in [3.8, 4) is 11.1 Å². The molecule has 3 nitrogen and oxygen atoms in total. The van der Waals surface area contributed by atoms with Gasteiger partial charge in [-0.25, -0.2) is 0 Å². The molecule has 14 heavy (non-hydrogen) atoms. The van der Waals surface area contributed by atoms with Gasteiger partial charge in [0.2, 0.25) is 0 Å². The summed E-state index contributed by atoms with van der Waals surface area (Å²) in [5, 5.41) is 0.564. The molecule has 0 saturated heterocycles. The molecule has 0 bridgehead atoms. The first-order valence-corrected chi connectivity index (χ1v) is 4.43. The van der Waals surface area contributed by atoms with E-state index >= 15 is 0 Å². The molecule has 1 aromatic heterocycles. The second-order valence-corrected chi connectivity index (χ2v) is 3.38. The van der Waals surface area contributed by atoms with Crippen LogP contribution in [-0.2, 0) is 0 Å². The van der Waals surface area contributed by atoms with Crippen LogP contribution in [0.1, 0.15) is 0 Å². The van der Waals surface area contributed by atoms with Crippen molar-refractivity contribution in [3.63, 3.8) is 0 Å². The standard InChI is InChI=1S/C10H9ClN2O/c11-8-5-14-4-7(8)6-1-2-9(12)10(13)3-6/h1-5H,12-13H2. The van der Waals surface area contributed by atoms with E-state index < -0.39 is 0 Å². The zero-order valence-electron chi connectivity index (χ0n) is 7.33. The van der Waals surface area contributed by atoms with Crippen LogP contribution in [0.5, 0.6) is 0 Å². The number of benzene rings is 1. The van der Waals surface area contributed by atoms with Crippen molar-refractivity contribution in [1.29, 1.82) is 0 Å². The van der Waals surface area contributed by atoms with Crippen molar-refractivity contribution in [2.24, 2.45) is 0 Å². The van der Waals surface area contributed by atoms with Crippen LogP contribution in [0.4, 0.5) is 11.4 Å². The van der Waals surface area contributed by atoms with Gasteiger partial charge in [0, 0.05) is 5.56 Å². The first-order valence-electron chi connectivity index (χ1n) is 4.05. The maximum atomic E-state index is 5.90. The number of hydrogen-bond acceptors (Lipinski definition) is 3. The van der Waals surface area contributed by atoms with Gasteiger partial charge in [-0.3, -0.25) is 0 Å². The van der Waals surface area contributed by atoms with E-state index in [0.717, 1.165) is 11.1 Å². The van der Waals surface area contributed by atoms with E-state index in [1.54, 1.807) is 18.4 Å². The highest BCUT2D eigenvalue weighted by Gasteiger charge is 2.06. The lowest BCUT2D eigenvalue weighted by atomic mass is 10.1. The summed E-state index contributed by atoms with van der Waals surface area (Å²) in [6.07, 6.45) is 3.05. The van der Waals surface area contributed by atoms with E-state index in [2.05, 4.69) is 0 Å². The molecule has 0 saturated carbocycles. The molecule has 0 aliphatic carbocycles. The average molecular weight is 209 g/mol. The Morgan fingerprint density at radius 3 is 2.43 bits per heavy atom. The van der Waals surface area contributed by atoms with Crippen molar-refractivity contribution in [1.82, 2.24) is 0 Å². The first-order chi connectivity index (χ1) is 6.68. The van der Waals surface area contributed by atoms with Gasteiger partial charge in [0.25, 0.3) is 0 Å². The number of rotatable bonds is 1. The lowest BCUT2D eigenvalue weighted by molar-refractivity contribution is 0.568. The van der Waals surface area contributed by atoms with Gasteiger partial charge in [-0.05, 0) is 17.7 Å². The predicted molar refractivity (Wildman–Crippen MR) is 58.0 cm³/mol. The van der Waals surface area contributed by atoms with E-state index in [1.807, 2.05) is 6.07 Å². The maximum Gasteiger partial charge on any atom is 0.110 e. The summed E-state index contributed by atoms with van der Waals surface area (Å²) in [5.41, 5.74) is 14.1. The maximum absolute atomic E-state index is 5.90. The van der Waals surface area contributed by atoms with Crippen LogP contribution >= 0.6 is 11.6 Å². The highest BCUT2D eigenvalue weighted by Crippen LogP contribution is 2.31. The van der Waals surface area contributed by atoms with Crippen molar-refractivity contribution in [2.45, 2.75) is 0 Å². The van der Waals surface area contributed by atoms with Crippen LogP contribution in [-0.4, -0.2) is 0 Å². The van der Waals surface area contributed by atoms with Crippen LogP contribution in [0.3, 0.4) is 0 Å². The highest BCUT2D eigenvalue weighted by molar-refractivity contribution is 6.33. The number of hydrogen-bond donors (Lipinski definition) is 2. The van der Waals surface area contributed by atoms with Crippen LogP contribution in [0.15, 0.2) is 35.1 Å². The SMILES string of the molecule is Nc1ccc(-c2cocc2Cl)cc1N. The van der Waals surface area contributed by atoms with Crippen LogP contribution in [0, 0.1) is 0 Å². The van der Waals surface area contributed by atoms with E-state index in [4.69, 9.17) is 27.5 Å². The van der Waals surface area contributed by atoms with E-state index in [-0.39, 0.29) is 0 Å². The molecule has 1 aromatic carbocycles. The molecule has 0 atom stereocenters. The second-order valence-electron chi connectivity index (χ2n) is 2.98. The molecule has 72 valence electrons. The zero-order valence-corrected chi connectivity index (χ0v) is 8.08. The summed E-state index contributed by atoms with van der Waals surface area (Å²) in [7, 11) is 0. The van der Waals surface area contributed by atoms with Crippen molar-refractivity contribution >= 4 is 23.0 Å². The summed E-state index contributed by atoms with van der Waals surface area (Å²) in [5.74, 6) is 0. The Bertz CT molecular complexity index is 465. The summed E-state index contributed by atoms with van der Waals surface area (Å²) < 4.78 is 4.97. The molecule has 0 spiro atoms. The summed E-state index contributed by atoms with van der Waals surface area (Å²) in [6.45, 7) is 0. The third kappa shape index (κ3) is 1.42. The molecule has 4 heteroatoms. The molecule has 2 rings (SSSR count).